The van der Waals surface area contributed by atoms with Crippen molar-refractivity contribution in [3.05, 3.63) is 41.5 Å². The molecule has 1 saturated carbocycles. The molecule has 156 valence electrons. The van der Waals surface area contributed by atoms with E-state index in [-0.39, 0.29) is 23.0 Å². The molecule has 0 saturated heterocycles. The lowest BCUT2D eigenvalue weighted by Gasteiger charge is -2.52. The molecule has 1 amide bonds. The summed E-state index contributed by atoms with van der Waals surface area (Å²) in [5.74, 6) is 3.36. The van der Waals surface area contributed by atoms with Gasteiger partial charge in [-0.05, 0) is 99.2 Å². The second-order valence-electron chi connectivity index (χ2n) is 8.31. The quantitative estimate of drug-likeness (QED) is 0.561. The van der Waals surface area contributed by atoms with Crippen molar-refractivity contribution in [2.24, 2.45) is 5.92 Å². The van der Waals surface area contributed by atoms with Crippen LogP contribution in [0.3, 0.4) is 0 Å². The number of halogens is 1. The fraction of sp³-hybridized carbons (Fsp3) is 0.542. The molecule has 2 aliphatic carbocycles. The predicted molar refractivity (Wildman–Crippen MR) is 116 cm³/mol. The molecule has 0 spiro atoms. The van der Waals surface area contributed by atoms with Crippen molar-refractivity contribution in [2.75, 3.05) is 13.1 Å². The van der Waals surface area contributed by atoms with Crippen LogP contribution >= 0.6 is 11.6 Å². The van der Waals surface area contributed by atoms with Gasteiger partial charge >= 0.3 is 0 Å². The molecule has 29 heavy (non-hydrogen) atoms. The van der Waals surface area contributed by atoms with Gasteiger partial charge in [0.25, 0.3) is 0 Å². The number of phenolic OH excluding ortho intramolecular Hbond substituents is 1. The Morgan fingerprint density at radius 1 is 1.34 bits per heavy atom. The fourth-order valence-corrected chi connectivity index (χ4v) is 5.44. The fourth-order valence-electron chi connectivity index (χ4n) is 5.27. The number of allylic oxidation sites excluding steroid dienone is 1. The molecule has 1 aromatic rings. The number of hydrogen-bond donors (Lipinski definition) is 2. The number of aliphatic hydroxyl groups is 1. The third-order valence-corrected chi connectivity index (χ3v) is 6.93. The van der Waals surface area contributed by atoms with Gasteiger partial charge in [0.05, 0.1) is 0 Å². The molecular weight excluding hydrogens is 386 g/mol. The van der Waals surface area contributed by atoms with Crippen LogP contribution in [0.4, 0.5) is 0 Å². The van der Waals surface area contributed by atoms with Crippen LogP contribution in [0.1, 0.15) is 57.1 Å². The first-order valence-corrected chi connectivity index (χ1v) is 10.9. The molecule has 2 aliphatic rings. The highest BCUT2D eigenvalue weighted by Gasteiger charge is 2.50. The van der Waals surface area contributed by atoms with Gasteiger partial charge in [-0.1, -0.05) is 18.1 Å². The number of phenols is 1. The Labute approximate surface area is 178 Å². The minimum Gasteiger partial charge on any atom is -0.508 e. The molecule has 2 N–H and O–H groups in total. The second-order valence-corrected chi connectivity index (χ2v) is 8.49. The molecule has 0 heterocycles. The van der Waals surface area contributed by atoms with E-state index >= 15 is 0 Å². The summed E-state index contributed by atoms with van der Waals surface area (Å²) in [5, 5.41) is 23.2. The van der Waals surface area contributed by atoms with Gasteiger partial charge in [-0.3, -0.25) is 4.79 Å². The van der Waals surface area contributed by atoms with E-state index in [2.05, 4.69) is 11.3 Å². The zero-order valence-corrected chi connectivity index (χ0v) is 18.0. The van der Waals surface area contributed by atoms with Gasteiger partial charge < -0.3 is 15.1 Å². The molecule has 1 aromatic carbocycles. The van der Waals surface area contributed by atoms with E-state index in [1.165, 1.54) is 11.1 Å². The third-order valence-electron chi connectivity index (χ3n) is 6.84. The standard InChI is InChI=1S/C24H30ClNO3/c1-3-26(4-2)22(28)6-5-11-24-13-12-23(29,14-15-25)17-19(24)8-7-18-16-20(27)9-10-21(18)24/h5-6,9-10,16,19,27,29H,3-4,7-8,11-13,17H2,1-2H3/t19-,23+,24-/m0/s1. The SMILES string of the molecule is CCN(CC)C(=O)C=CC[C@]12CC[C@@](O)(C#CCl)C[C@@H]1CCc1cc(O)ccc12. The molecule has 0 aliphatic heterocycles. The number of likely N-dealkylation sites (N-methyl/N-ethyl adjacent to an activating group) is 1. The highest BCUT2D eigenvalue weighted by atomic mass is 35.5. The monoisotopic (exact) mass is 415 g/mol. The molecule has 0 bridgehead atoms. The lowest BCUT2D eigenvalue weighted by atomic mass is 9.53. The largest absolute Gasteiger partial charge is 0.508 e. The molecule has 0 radical (unpaired) electrons. The van der Waals surface area contributed by atoms with E-state index in [1.54, 1.807) is 17.0 Å². The number of nitrogens with zero attached hydrogens (tertiary/aromatic N) is 1. The van der Waals surface area contributed by atoms with Gasteiger partial charge in [0.15, 0.2) is 0 Å². The predicted octanol–water partition coefficient (Wildman–Crippen LogP) is 4.12. The van der Waals surface area contributed by atoms with Crippen LogP contribution in [0.2, 0.25) is 0 Å². The van der Waals surface area contributed by atoms with E-state index < -0.39 is 5.60 Å². The summed E-state index contributed by atoms with van der Waals surface area (Å²) in [6.45, 7) is 5.35. The van der Waals surface area contributed by atoms with Crippen LogP contribution in [0.25, 0.3) is 0 Å². The maximum atomic E-state index is 12.4. The Hall–Kier alpha value is -1.96. The van der Waals surface area contributed by atoms with Crippen molar-refractivity contribution in [3.63, 3.8) is 0 Å². The lowest BCUT2D eigenvalue weighted by molar-refractivity contribution is -0.125. The summed E-state index contributed by atoms with van der Waals surface area (Å²) < 4.78 is 0. The van der Waals surface area contributed by atoms with Crippen molar-refractivity contribution >= 4 is 17.5 Å². The first-order valence-electron chi connectivity index (χ1n) is 10.5. The van der Waals surface area contributed by atoms with Crippen LogP contribution in [-0.4, -0.2) is 39.7 Å². The molecule has 1 fully saturated rings. The van der Waals surface area contributed by atoms with Crippen LogP contribution in [0.15, 0.2) is 30.4 Å². The first kappa shape index (κ1) is 21.7. The van der Waals surface area contributed by atoms with Gasteiger partial charge in [0, 0.05) is 23.9 Å². The molecule has 3 rings (SSSR count). The number of aryl methyl sites for hydroxylation is 1. The van der Waals surface area contributed by atoms with Gasteiger partial charge in [-0.25, -0.2) is 0 Å². The van der Waals surface area contributed by atoms with Gasteiger partial charge in [-0.2, -0.15) is 0 Å². The number of hydrogen-bond acceptors (Lipinski definition) is 3. The van der Waals surface area contributed by atoms with Crippen LogP contribution in [0, 0.1) is 17.2 Å². The van der Waals surface area contributed by atoms with E-state index in [0.29, 0.717) is 25.9 Å². The first-order chi connectivity index (χ1) is 13.9. The average molecular weight is 416 g/mol. The van der Waals surface area contributed by atoms with Crippen LogP contribution in [-0.2, 0) is 16.6 Å². The number of carbonyl (C=O) groups excluding carboxylic acids is 1. The third kappa shape index (κ3) is 4.32. The second kappa shape index (κ2) is 8.81. The maximum absolute atomic E-state index is 12.4. The molecule has 0 unspecified atom stereocenters. The molecule has 3 atom stereocenters. The molecule has 4 nitrogen and oxygen atoms in total. The normalized spacial score (nSPS) is 28.2. The van der Waals surface area contributed by atoms with Crippen molar-refractivity contribution < 1.29 is 15.0 Å². The van der Waals surface area contributed by atoms with Crippen molar-refractivity contribution in [2.45, 2.75) is 63.4 Å². The highest BCUT2D eigenvalue weighted by Crippen LogP contribution is 2.54. The summed E-state index contributed by atoms with van der Waals surface area (Å²) in [4.78, 5) is 14.2. The van der Waals surface area contributed by atoms with E-state index in [1.807, 2.05) is 32.1 Å². The number of aromatic hydroxyl groups is 1. The topological polar surface area (TPSA) is 60.8 Å². The summed E-state index contributed by atoms with van der Waals surface area (Å²) in [7, 11) is 0. The molecule has 0 aromatic heterocycles. The van der Waals surface area contributed by atoms with E-state index in [9.17, 15) is 15.0 Å². The zero-order chi connectivity index (χ0) is 21.1. The number of rotatable bonds is 5. The summed E-state index contributed by atoms with van der Waals surface area (Å²) >= 11 is 5.61. The maximum Gasteiger partial charge on any atom is 0.246 e. The lowest BCUT2D eigenvalue weighted by Crippen LogP contribution is -2.49. The highest BCUT2D eigenvalue weighted by molar-refractivity contribution is 6.30. The van der Waals surface area contributed by atoms with Gasteiger partial charge in [0.2, 0.25) is 5.91 Å². The summed E-state index contributed by atoms with van der Waals surface area (Å²) in [6.07, 6.45) is 8.07. The summed E-state index contributed by atoms with van der Waals surface area (Å²) in [6, 6.07) is 5.62. The zero-order valence-electron chi connectivity index (χ0n) is 17.2. The number of fused-ring (bicyclic) bond motifs is 3. The molecule has 5 heteroatoms. The van der Waals surface area contributed by atoms with Gasteiger partial charge in [-0.15, -0.1) is 0 Å². The summed E-state index contributed by atoms with van der Waals surface area (Å²) in [5.41, 5.74) is 1.18. The Bertz CT molecular complexity index is 851. The van der Waals surface area contributed by atoms with Crippen molar-refractivity contribution in [1.82, 2.24) is 4.90 Å². The average Bonchev–Trinajstić information content (AvgIpc) is 2.69. The molecular formula is C24H30ClNO3. The van der Waals surface area contributed by atoms with Crippen LogP contribution in [0.5, 0.6) is 5.75 Å². The number of amides is 1. The Morgan fingerprint density at radius 3 is 2.79 bits per heavy atom. The van der Waals surface area contributed by atoms with E-state index in [4.69, 9.17) is 11.6 Å². The van der Waals surface area contributed by atoms with E-state index in [0.717, 1.165) is 25.7 Å². The van der Waals surface area contributed by atoms with Gasteiger partial charge in [0.1, 0.15) is 11.4 Å². The smallest absolute Gasteiger partial charge is 0.246 e. The van der Waals surface area contributed by atoms with Crippen molar-refractivity contribution in [1.29, 1.82) is 0 Å². The Balaban J connectivity index is 1.93. The Morgan fingerprint density at radius 2 is 2.10 bits per heavy atom. The number of benzene rings is 1. The number of carbonyl (C=O) groups is 1. The minimum atomic E-state index is -1.05. The minimum absolute atomic E-state index is 0.0324. The van der Waals surface area contributed by atoms with Crippen molar-refractivity contribution in [3.8, 4) is 17.0 Å². The van der Waals surface area contributed by atoms with Crippen LogP contribution < -0.4 is 0 Å². The Kier molecular flexibility index (Phi) is 6.61.